The van der Waals surface area contributed by atoms with Crippen LogP contribution in [0.25, 0.3) is 0 Å². The van der Waals surface area contributed by atoms with Crippen LogP contribution in [0.4, 0.5) is 0 Å². The molecule has 2 aromatic rings. The van der Waals surface area contributed by atoms with E-state index in [0.29, 0.717) is 18.7 Å². The number of benzene rings is 1. The first-order chi connectivity index (χ1) is 13.1. The average molecular weight is 369 g/mol. The molecule has 1 fully saturated rings. The Labute approximate surface area is 159 Å². The Hall–Kier alpha value is -2.67. The van der Waals surface area contributed by atoms with Crippen molar-refractivity contribution < 1.29 is 9.59 Å². The fraction of sp³-hybridized carbons (Fsp3) is 0.450. The number of nitrogens with zero attached hydrogens (tertiary/aromatic N) is 3. The van der Waals surface area contributed by atoms with E-state index in [4.69, 9.17) is 0 Å². The molecule has 2 N–H and O–H groups in total. The smallest absolute Gasteiger partial charge is 0.251 e. The van der Waals surface area contributed by atoms with Crippen molar-refractivity contribution in [1.29, 1.82) is 0 Å². The molecule has 3 rings (SSSR count). The Kier molecular flexibility index (Phi) is 6.24. The number of hydrogen-bond acceptors (Lipinski definition) is 4. The van der Waals surface area contributed by atoms with Crippen molar-refractivity contribution in [3.05, 3.63) is 53.9 Å². The predicted molar refractivity (Wildman–Crippen MR) is 103 cm³/mol. The van der Waals surface area contributed by atoms with Gasteiger partial charge in [-0.2, -0.15) is 5.10 Å². The maximum Gasteiger partial charge on any atom is 0.251 e. The Balaban J connectivity index is 1.57. The molecular weight excluding hydrogens is 342 g/mol. The van der Waals surface area contributed by atoms with Gasteiger partial charge in [-0.15, -0.1) is 0 Å². The van der Waals surface area contributed by atoms with Crippen LogP contribution in [0, 0.1) is 5.92 Å². The van der Waals surface area contributed by atoms with Gasteiger partial charge in [-0.1, -0.05) is 18.2 Å². The number of amides is 2. The molecule has 2 heterocycles. The predicted octanol–water partition coefficient (Wildman–Crippen LogP) is 1.35. The second-order valence-corrected chi connectivity index (χ2v) is 7.04. The van der Waals surface area contributed by atoms with E-state index >= 15 is 0 Å². The zero-order valence-corrected chi connectivity index (χ0v) is 15.9. The highest BCUT2D eigenvalue weighted by atomic mass is 16.2. The highest BCUT2D eigenvalue weighted by Crippen LogP contribution is 2.21. The van der Waals surface area contributed by atoms with Crippen LogP contribution >= 0.6 is 0 Å². The van der Waals surface area contributed by atoms with Crippen molar-refractivity contribution in [2.24, 2.45) is 13.0 Å². The molecular formula is C20H27N5O2. The zero-order chi connectivity index (χ0) is 19.2. The molecule has 7 heteroatoms. The Morgan fingerprint density at radius 3 is 2.74 bits per heavy atom. The molecule has 1 aliphatic heterocycles. The van der Waals surface area contributed by atoms with Gasteiger partial charge in [0, 0.05) is 44.0 Å². The summed E-state index contributed by atoms with van der Waals surface area (Å²) >= 11 is 0. The molecule has 0 spiro atoms. The standard InChI is InChI=1S/C20H27N5O2/c1-21-18(17-12-23-24(2)14-17)20(27)25-10-6-7-15(13-25)11-22-19(26)16-8-4-3-5-9-16/h3-5,8-9,12,14-15,18,21H,6-7,10-11,13H2,1-2H3,(H,22,26). The molecule has 1 aliphatic rings. The molecule has 1 aromatic heterocycles. The van der Waals surface area contributed by atoms with E-state index in [1.54, 1.807) is 30.1 Å². The third-order valence-corrected chi connectivity index (χ3v) is 5.01. The summed E-state index contributed by atoms with van der Waals surface area (Å²) in [5.41, 5.74) is 1.53. The van der Waals surface area contributed by atoms with E-state index in [0.717, 1.165) is 24.9 Å². The van der Waals surface area contributed by atoms with Gasteiger partial charge >= 0.3 is 0 Å². The Morgan fingerprint density at radius 2 is 2.07 bits per heavy atom. The van der Waals surface area contributed by atoms with Crippen LogP contribution in [-0.2, 0) is 11.8 Å². The van der Waals surface area contributed by atoms with Crippen molar-refractivity contribution in [2.75, 3.05) is 26.7 Å². The number of aromatic nitrogens is 2. The van der Waals surface area contributed by atoms with Crippen molar-refractivity contribution in [3.63, 3.8) is 0 Å². The number of likely N-dealkylation sites (tertiary alicyclic amines) is 1. The second-order valence-electron chi connectivity index (χ2n) is 7.04. The quantitative estimate of drug-likeness (QED) is 0.806. The first-order valence-electron chi connectivity index (χ1n) is 9.36. The minimum Gasteiger partial charge on any atom is -0.352 e. The fourth-order valence-electron chi connectivity index (χ4n) is 3.56. The zero-order valence-electron chi connectivity index (χ0n) is 15.9. The largest absolute Gasteiger partial charge is 0.352 e. The number of carbonyl (C=O) groups excluding carboxylic acids is 2. The summed E-state index contributed by atoms with van der Waals surface area (Å²) in [5, 5.41) is 10.3. The monoisotopic (exact) mass is 369 g/mol. The van der Waals surface area contributed by atoms with E-state index in [9.17, 15) is 9.59 Å². The Morgan fingerprint density at radius 1 is 1.30 bits per heavy atom. The average Bonchev–Trinajstić information content (AvgIpc) is 3.13. The van der Waals surface area contributed by atoms with Crippen LogP contribution < -0.4 is 10.6 Å². The van der Waals surface area contributed by atoms with E-state index < -0.39 is 6.04 Å². The summed E-state index contributed by atoms with van der Waals surface area (Å²) in [7, 11) is 3.63. The van der Waals surface area contributed by atoms with Crippen LogP contribution in [-0.4, -0.2) is 53.2 Å². The molecule has 0 saturated carbocycles. The van der Waals surface area contributed by atoms with Gasteiger partial charge in [0.2, 0.25) is 5.91 Å². The molecule has 7 nitrogen and oxygen atoms in total. The van der Waals surface area contributed by atoms with Crippen molar-refractivity contribution in [1.82, 2.24) is 25.3 Å². The van der Waals surface area contributed by atoms with Gasteiger partial charge in [0.05, 0.1) is 6.20 Å². The number of hydrogen-bond donors (Lipinski definition) is 2. The van der Waals surface area contributed by atoms with Gasteiger partial charge in [-0.25, -0.2) is 0 Å². The first kappa shape index (κ1) is 19.1. The maximum atomic E-state index is 13.0. The highest BCUT2D eigenvalue weighted by Gasteiger charge is 2.29. The van der Waals surface area contributed by atoms with Crippen molar-refractivity contribution >= 4 is 11.8 Å². The van der Waals surface area contributed by atoms with Gasteiger partial charge in [-0.3, -0.25) is 14.3 Å². The van der Waals surface area contributed by atoms with E-state index in [1.807, 2.05) is 36.3 Å². The van der Waals surface area contributed by atoms with E-state index in [-0.39, 0.29) is 17.7 Å². The van der Waals surface area contributed by atoms with Gasteiger partial charge in [0.15, 0.2) is 0 Å². The number of nitrogens with one attached hydrogen (secondary N) is 2. The normalized spacial score (nSPS) is 18.1. The molecule has 2 amide bonds. The van der Waals surface area contributed by atoms with Crippen LogP contribution in [0.15, 0.2) is 42.7 Å². The third-order valence-electron chi connectivity index (χ3n) is 5.01. The number of aryl methyl sites for hydroxylation is 1. The number of rotatable bonds is 6. The topological polar surface area (TPSA) is 79.3 Å². The van der Waals surface area contributed by atoms with Gasteiger partial charge < -0.3 is 15.5 Å². The fourth-order valence-corrected chi connectivity index (χ4v) is 3.56. The van der Waals surface area contributed by atoms with Gasteiger partial charge in [0.25, 0.3) is 5.91 Å². The summed E-state index contributed by atoms with van der Waals surface area (Å²) in [6.45, 7) is 1.99. The molecule has 2 unspecified atom stereocenters. The molecule has 0 aliphatic carbocycles. The van der Waals surface area contributed by atoms with Crippen LogP contribution in [0.5, 0.6) is 0 Å². The minimum absolute atomic E-state index is 0.0598. The molecule has 2 atom stereocenters. The lowest BCUT2D eigenvalue weighted by atomic mass is 9.96. The molecule has 27 heavy (non-hydrogen) atoms. The minimum atomic E-state index is -0.392. The lowest BCUT2D eigenvalue weighted by Gasteiger charge is -2.35. The molecule has 1 saturated heterocycles. The van der Waals surface area contributed by atoms with Crippen LogP contribution in [0.3, 0.4) is 0 Å². The summed E-state index contributed by atoms with van der Waals surface area (Å²) in [6, 6.07) is 8.81. The third kappa shape index (κ3) is 4.74. The molecule has 144 valence electrons. The number of piperidine rings is 1. The highest BCUT2D eigenvalue weighted by molar-refractivity contribution is 5.94. The van der Waals surface area contributed by atoms with Crippen molar-refractivity contribution in [2.45, 2.75) is 18.9 Å². The van der Waals surface area contributed by atoms with Crippen molar-refractivity contribution in [3.8, 4) is 0 Å². The molecule has 0 bridgehead atoms. The van der Waals surface area contributed by atoms with Crippen LogP contribution in [0.2, 0.25) is 0 Å². The van der Waals surface area contributed by atoms with E-state index in [2.05, 4.69) is 15.7 Å². The summed E-state index contributed by atoms with van der Waals surface area (Å²) < 4.78 is 1.70. The van der Waals surface area contributed by atoms with Gasteiger partial charge in [-0.05, 0) is 37.9 Å². The SMILES string of the molecule is CNC(C(=O)N1CCCC(CNC(=O)c2ccccc2)C1)c1cnn(C)c1. The summed E-state index contributed by atoms with van der Waals surface area (Å²) in [6.07, 6.45) is 5.54. The molecule has 1 aromatic carbocycles. The molecule has 0 radical (unpaired) electrons. The number of carbonyl (C=O) groups is 2. The second kappa shape index (κ2) is 8.81. The van der Waals surface area contributed by atoms with Gasteiger partial charge in [0.1, 0.15) is 6.04 Å². The first-order valence-corrected chi connectivity index (χ1v) is 9.36. The summed E-state index contributed by atoms with van der Waals surface area (Å²) in [4.78, 5) is 27.1. The summed E-state index contributed by atoms with van der Waals surface area (Å²) in [5.74, 6) is 0.258. The van der Waals surface area contributed by atoms with E-state index in [1.165, 1.54) is 0 Å². The lowest BCUT2D eigenvalue weighted by molar-refractivity contribution is -0.135. The Bertz CT molecular complexity index is 774. The maximum absolute atomic E-state index is 13.0. The van der Waals surface area contributed by atoms with Crippen LogP contribution in [0.1, 0.15) is 34.8 Å². The lowest BCUT2D eigenvalue weighted by Crippen LogP contribution is -2.47. The number of likely N-dealkylation sites (N-methyl/N-ethyl adjacent to an activating group) is 1.